The minimum atomic E-state index is -0.171. The minimum Gasteiger partial charge on any atom is -0.497 e. The number of methoxy groups -OCH3 is 2. The van der Waals surface area contributed by atoms with Crippen LogP contribution in [0.25, 0.3) is 0 Å². The Balaban J connectivity index is 1.64. The van der Waals surface area contributed by atoms with Crippen LogP contribution >= 0.6 is 12.2 Å². The molecule has 1 aromatic carbocycles. The lowest BCUT2D eigenvalue weighted by molar-refractivity contribution is 0.402. The van der Waals surface area contributed by atoms with Crippen molar-refractivity contribution in [3.63, 3.8) is 0 Å². The van der Waals surface area contributed by atoms with E-state index in [9.17, 15) is 0 Å². The van der Waals surface area contributed by atoms with Crippen LogP contribution < -0.4 is 19.7 Å². The number of nitrogens with one attached hydrogen (secondary N) is 1. The summed E-state index contributed by atoms with van der Waals surface area (Å²) < 4.78 is 13.5. The number of rotatable bonds is 7. The molecule has 0 amide bonds. The molecular formula is C26H25N5O2S. The number of hydrogen-bond donors (Lipinski definition) is 1. The molecule has 0 radical (unpaired) electrons. The smallest absolute Gasteiger partial charge is 0.174 e. The first-order valence-corrected chi connectivity index (χ1v) is 11.4. The summed E-state index contributed by atoms with van der Waals surface area (Å²) in [4.78, 5) is 11.0. The molecule has 4 heterocycles. The second-order valence-electron chi connectivity index (χ2n) is 7.96. The molecule has 1 fully saturated rings. The predicted molar refractivity (Wildman–Crippen MR) is 135 cm³/mol. The maximum absolute atomic E-state index is 5.88. The lowest BCUT2D eigenvalue weighted by Crippen LogP contribution is -2.30. The van der Waals surface area contributed by atoms with Crippen molar-refractivity contribution in [2.75, 3.05) is 19.1 Å². The molecule has 0 bridgehead atoms. The fourth-order valence-electron chi connectivity index (χ4n) is 4.43. The third-order valence-corrected chi connectivity index (χ3v) is 6.30. The van der Waals surface area contributed by atoms with Crippen LogP contribution in [0.1, 0.15) is 29.0 Å². The molecule has 0 spiro atoms. The molecule has 2 atom stereocenters. The summed E-state index contributed by atoms with van der Waals surface area (Å²) >= 11 is 5.88. The van der Waals surface area contributed by atoms with Gasteiger partial charge in [0.15, 0.2) is 5.11 Å². The maximum atomic E-state index is 5.88. The van der Waals surface area contributed by atoms with Crippen molar-refractivity contribution in [2.45, 2.75) is 18.6 Å². The van der Waals surface area contributed by atoms with Crippen LogP contribution in [0.4, 0.5) is 5.69 Å². The van der Waals surface area contributed by atoms with Crippen LogP contribution in [0.3, 0.4) is 0 Å². The van der Waals surface area contributed by atoms with Crippen LogP contribution in [0.5, 0.6) is 11.5 Å². The van der Waals surface area contributed by atoms with Gasteiger partial charge in [-0.25, -0.2) is 0 Å². The van der Waals surface area contributed by atoms with E-state index in [0.29, 0.717) is 17.4 Å². The van der Waals surface area contributed by atoms with E-state index >= 15 is 0 Å². The van der Waals surface area contributed by atoms with Crippen LogP contribution in [0.2, 0.25) is 0 Å². The van der Waals surface area contributed by atoms with Gasteiger partial charge in [-0.2, -0.15) is 0 Å². The molecule has 3 aromatic heterocycles. The second kappa shape index (κ2) is 9.52. The van der Waals surface area contributed by atoms with E-state index in [4.69, 9.17) is 21.7 Å². The minimum absolute atomic E-state index is 0.160. The molecule has 1 N–H and O–H groups in total. The van der Waals surface area contributed by atoms with Gasteiger partial charge in [-0.05, 0) is 60.2 Å². The average molecular weight is 472 g/mol. The Morgan fingerprint density at radius 2 is 1.91 bits per heavy atom. The molecule has 0 aliphatic carbocycles. The van der Waals surface area contributed by atoms with Crippen molar-refractivity contribution >= 4 is 23.0 Å². The second-order valence-corrected chi connectivity index (χ2v) is 8.34. The van der Waals surface area contributed by atoms with Gasteiger partial charge in [0.1, 0.15) is 17.5 Å². The molecule has 0 saturated carbocycles. The molecule has 4 aromatic rings. The highest BCUT2D eigenvalue weighted by atomic mass is 32.1. The highest BCUT2D eigenvalue weighted by molar-refractivity contribution is 7.80. The van der Waals surface area contributed by atoms with Gasteiger partial charge < -0.3 is 24.3 Å². The molecule has 7 nitrogen and oxygen atoms in total. The summed E-state index contributed by atoms with van der Waals surface area (Å²) in [6.45, 7) is 0.692. The highest BCUT2D eigenvalue weighted by Crippen LogP contribution is 2.45. The number of pyridine rings is 2. The van der Waals surface area contributed by atoms with Gasteiger partial charge in [0, 0.05) is 43.1 Å². The van der Waals surface area contributed by atoms with Gasteiger partial charge in [-0.15, -0.1) is 0 Å². The maximum Gasteiger partial charge on any atom is 0.174 e. The molecular weight excluding hydrogens is 446 g/mol. The molecule has 5 rings (SSSR count). The van der Waals surface area contributed by atoms with E-state index in [-0.39, 0.29) is 12.1 Å². The first-order valence-electron chi connectivity index (χ1n) is 11.0. The molecule has 34 heavy (non-hydrogen) atoms. The fourth-order valence-corrected chi connectivity index (χ4v) is 4.77. The van der Waals surface area contributed by atoms with Gasteiger partial charge in [-0.3, -0.25) is 9.97 Å². The number of thiocarbonyl (C=S) groups is 1. The molecule has 8 heteroatoms. The van der Waals surface area contributed by atoms with E-state index < -0.39 is 0 Å². The Hall–Kier alpha value is -3.91. The standard InChI is InChI=1S/C26H25N5O2S/c1-32-19-10-11-23(33-2)22(15-19)31-25(24(29-26(31)34)20-8-3-4-13-28-20)21-9-6-14-30(21)17-18-7-5-12-27-16-18/h3-16,24-25H,17H2,1-2H3,(H,29,34)/t24-,25+/m0/s1. The summed E-state index contributed by atoms with van der Waals surface area (Å²) in [5, 5.41) is 4.11. The summed E-state index contributed by atoms with van der Waals surface area (Å²) in [7, 11) is 3.31. The Kier molecular flexibility index (Phi) is 6.14. The first-order chi connectivity index (χ1) is 16.7. The van der Waals surface area contributed by atoms with E-state index in [1.54, 1.807) is 26.6 Å². The van der Waals surface area contributed by atoms with Gasteiger partial charge in [0.25, 0.3) is 0 Å². The Morgan fingerprint density at radius 3 is 2.65 bits per heavy atom. The van der Waals surface area contributed by atoms with Crippen LogP contribution in [0.15, 0.2) is 85.5 Å². The number of hydrogen-bond acceptors (Lipinski definition) is 5. The van der Waals surface area contributed by atoms with Crippen LogP contribution in [-0.4, -0.2) is 33.9 Å². The fraction of sp³-hybridized carbons (Fsp3) is 0.192. The van der Waals surface area contributed by atoms with Crippen molar-refractivity contribution in [3.05, 3.63) is 102 Å². The number of nitrogens with zero attached hydrogens (tertiary/aromatic N) is 4. The van der Waals surface area contributed by atoms with Gasteiger partial charge >= 0.3 is 0 Å². The first kappa shape index (κ1) is 21.9. The lowest BCUT2D eigenvalue weighted by atomic mass is 10.0. The van der Waals surface area contributed by atoms with Gasteiger partial charge in [-0.1, -0.05) is 12.1 Å². The molecule has 1 aliphatic rings. The van der Waals surface area contributed by atoms with E-state index in [0.717, 1.165) is 28.4 Å². The summed E-state index contributed by atoms with van der Waals surface area (Å²) in [6, 6.07) is 19.6. The van der Waals surface area contributed by atoms with Crippen molar-refractivity contribution in [1.82, 2.24) is 19.9 Å². The van der Waals surface area contributed by atoms with E-state index in [1.165, 1.54) is 0 Å². The molecule has 0 unspecified atom stereocenters. The number of benzene rings is 1. The number of anilines is 1. The normalized spacial score (nSPS) is 17.5. The van der Waals surface area contributed by atoms with Crippen molar-refractivity contribution in [2.24, 2.45) is 0 Å². The largest absolute Gasteiger partial charge is 0.497 e. The van der Waals surface area contributed by atoms with E-state index in [1.807, 2.05) is 48.7 Å². The Bertz CT molecular complexity index is 1280. The van der Waals surface area contributed by atoms with Gasteiger partial charge in [0.2, 0.25) is 0 Å². The monoisotopic (exact) mass is 471 g/mol. The Labute approximate surface area is 204 Å². The van der Waals surface area contributed by atoms with Crippen molar-refractivity contribution in [3.8, 4) is 11.5 Å². The SMILES string of the molecule is COc1ccc(OC)c(N2C(=S)N[C@@H](c3ccccn3)[C@H]2c2cccn2Cc2cccnc2)c1. The van der Waals surface area contributed by atoms with Crippen LogP contribution in [-0.2, 0) is 6.54 Å². The topological polar surface area (TPSA) is 64.4 Å². The quantitative estimate of drug-likeness (QED) is 0.398. The third kappa shape index (κ3) is 4.08. The summed E-state index contributed by atoms with van der Waals surface area (Å²) in [5.41, 5.74) is 3.95. The molecule has 1 saturated heterocycles. The van der Waals surface area contributed by atoms with E-state index in [2.05, 4.69) is 49.1 Å². The highest BCUT2D eigenvalue weighted by Gasteiger charge is 2.43. The Morgan fingerprint density at radius 1 is 1.00 bits per heavy atom. The summed E-state index contributed by atoms with van der Waals surface area (Å²) in [6.07, 6.45) is 7.56. The van der Waals surface area contributed by atoms with Crippen LogP contribution in [0, 0.1) is 0 Å². The predicted octanol–water partition coefficient (Wildman–Crippen LogP) is 4.52. The number of aromatic nitrogens is 3. The van der Waals surface area contributed by atoms with Crippen molar-refractivity contribution < 1.29 is 9.47 Å². The zero-order valence-electron chi connectivity index (χ0n) is 19.0. The van der Waals surface area contributed by atoms with Gasteiger partial charge in [0.05, 0.1) is 31.6 Å². The lowest BCUT2D eigenvalue weighted by Gasteiger charge is -2.30. The zero-order valence-corrected chi connectivity index (χ0v) is 19.8. The molecule has 1 aliphatic heterocycles. The molecule has 172 valence electrons. The number of ether oxygens (including phenoxy) is 2. The average Bonchev–Trinajstić information content (AvgIpc) is 3.48. The zero-order chi connectivity index (χ0) is 23.5. The third-order valence-electron chi connectivity index (χ3n) is 5.99. The van der Waals surface area contributed by atoms with Crippen molar-refractivity contribution in [1.29, 1.82) is 0 Å². The summed E-state index contributed by atoms with van der Waals surface area (Å²) in [5.74, 6) is 1.44.